The van der Waals surface area contributed by atoms with Crippen LogP contribution in [0.2, 0.25) is 0 Å². The Hall–Kier alpha value is -2.04. The number of aliphatic hydroxyl groups excluding tert-OH is 1. The number of nitrogen functional groups attached to an aromatic ring is 1. The number of nitrogens with two attached hydrogens (primary N) is 1. The zero-order chi connectivity index (χ0) is 17.6. The monoisotopic (exact) mass is 340 g/mol. The molecule has 1 aliphatic rings. The highest BCUT2D eigenvalue weighted by Gasteiger charge is 2.28. The molecule has 1 aliphatic heterocycles. The Labute approximate surface area is 150 Å². The van der Waals surface area contributed by atoms with Crippen molar-refractivity contribution in [3.05, 3.63) is 59.7 Å². The van der Waals surface area contributed by atoms with Gasteiger partial charge in [-0.05, 0) is 43.0 Å². The van der Waals surface area contributed by atoms with Crippen LogP contribution in [0.25, 0.3) is 0 Å². The van der Waals surface area contributed by atoms with E-state index in [1.54, 1.807) is 0 Å². The van der Waals surface area contributed by atoms with E-state index in [1.807, 2.05) is 25.1 Å². The van der Waals surface area contributed by atoms with Crippen molar-refractivity contribution < 1.29 is 9.84 Å². The molecule has 4 nitrogen and oxygen atoms in total. The second-order valence-corrected chi connectivity index (χ2v) is 6.85. The van der Waals surface area contributed by atoms with Gasteiger partial charge in [0.15, 0.2) is 0 Å². The molecule has 1 saturated heterocycles. The molecule has 0 bridgehead atoms. The minimum absolute atomic E-state index is 0.231. The molecule has 2 unspecified atom stereocenters. The van der Waals surface area contributed by atoms with Gasteiger partial charge in [-0.3, -0.25) is 4.90 Å². The van der Waals surface area contributed by atoms with Gasteiger partial charge >= 0.3 is 0 Å². The largest absolute Gasteiger partial charge is 0.492 e. The fourth-order valence-electron chi connectivity index (χ4n) is 3.60. The second kappa shape index (κ2) is 8.37. The van der Waals surface area contributed by atoms with E-state index in [2.05, 4.69) is 35.2 Å². The Morgan fingerprint density at radius 1 is 1.16 bits per heavy atom. The second-order valence-electron chi connectivity index (χ2n) is 6.85. The molecule has 2 aromatic carbocycles. The molecule has 0 spiro atoms. The highest BCUT2D eigenvalue weighted by atomic mass is 16.5. The Morgan fingerprint density at radius 2 is 1.96 bits per heavy atom. The lowest BCUT2D eigenvalue weighted by Crippen LogP contribution is -2.43. The normalized spacial score (nSPS) is 21.2. The highest BCUT2D eigenvalue weighted by Crippen LogP contribution is 2.27. The van der Waals surface area contributed by atoms with Crippen molar-refractivity contribution in [2.45, 2.75) is 32.4 Å². The van der Waals surface area contributed by atoms with Crippen LogP contribution in [0.15, 0.2) is 48.5 Å². The molecule has 0 amide bonds. The molecule has 2 atom stereocenters. The van der Waals surface area contributed by atoms with E-state index in [9.17, 15) is 5.11 Å². The molecule has 0 aromatic heterocycles. The van der Waals surface area contributed by atoms with Crippen LogP contribution in [-0.4, -0.2) is 35.8 Å². The fraction of sp³-hybridized carbons (Fsp3) is 0.429. The average molecular weight is 340 g/mol. The SMILES string of the molecule is CCOc1ccc(CC2CN(Cc3ccccc3)CCC2O)cc1N. The minimum atomic E-state index is -0.250. The van der Waals surface area contributed by atoms with E-state index in [0.717, 1.165) is 43.8 Å². The van der Waals surface area contributed by atoms with Gasteiger partial charge in [0.1, 0.15) is 5.75 Å². The van der Waals surface area contributed by atoms with Gasteiger partial charge in [-0.2, -0.15) is 0 Å². The first-order chi connectivity index (χ1) is 12.2. The third-order valence-electron chi connectivity index (χ3n) is 4.90. The molecular formula is C21H28N2O2. The number of nitrogens with zero attached hydrogens (tertiary/aromatic N) is 1. The summed E-state index contributed by atoms with van der Waals surface area (Å²) in [4.78, 5) is 2.44. The van der Waals surface area contributed by atoms with Gasteiger partial charge < -0.3 is 15.6 Å². The highest BCUT2D eigenvalue weighted by molar-refractivity contribution is 5.54. The van der Waals surface area contributed by atoms with Gasteiger partial charge in [-0.1, -0.05) is 36.4 Å². The van der Waals surface area contributed by atoms with E-state index in [-0.39, 0.29) is 12.0 Å². The van der Waals surface area contributed by atoms with Crippen molar-refractivity contribution in [1.82, 2.24) is 4.90 Å². The van der Waals surface area contributed by atoms with Crippen LogP contribution in [0.4, 0.5) is 5.69 Å². The average Bonchev–Trinajstić information content (AvgIpc) is 2.61. The molecular weight excluding hydrogens is 312 g/mol. The van der Waals surface area contributed by atoms with Crippen LogP contribution >= 0.6 is 0 Å². The lowest BCUT2D eigenvalue weighted by molar-refractivity contribution is 0.0239. The first-order valence-electron chi connectivity index (χ1n) is 9.11. The van der Waals surface area contributed by atoms with Crippen LogP contribution in [0.3, 0.4) is 0 Å². The minimum Gasteiger partial charge on any atom is -0.492 e. The zero-order valence-corrected chi connectivity index (χ0v) is 14.9. The van der Waals surface area contributed by atoms with Gasteiger partial charge in [-0.25, -0.2) is 0 Å². The molecule has 3 N–H and O–H groups in total. The quantitative estimate of drug-likeness (QED) is 0.794. The maximum atomic E-state index is 10.4. The van der Waals surface area contributed by atoms with Crippen molar-refractivity contribution in [1.29, 1.82) is 0 Å². The Morgan fingerprint density at radius 3 is 2.68 bits per heavy atom. The number of ether oxygens (including phenoxy) is 1. The number of benzene rings is 2. The van der Waals surface area contributed by atoms with Crippen LogP contribution in [-0.2, 0) is 13.0 Å². The van der Waals surface area contributed by atoms with E-state index in [1.165, 1.54) is 5.56 Å². The Balaban J connectivity index is 1.63. The number of piperidine rings is 1. The Kier molecular flexibility index (Phi) is 5.95. The Bertz CT molecular complexity index is 675. The summed E-state index contributed by atoms with van der Waals surface area (Å²) in [6.45, 7) is 5.35. The summed E-state index contributed by atoms with van der Waals surface area (Å²) >= 11 is 0. The van der Waals surface area contributed by atoms with Gasteiger partial charge in [-0.15, -0.1) is 0 Å². The van der Waals surface area contributed by atoms with E-state index >= 15 is 0 Å². The number of rotatable bonds is 6. The summed E-state index contributed by atoms with van der Waals surface area (Å²) in [5.74, 6) is 0.968. The van der Waals surface area contributed by atoms with E-state index in [0.29, 0.717) is 12.3 Å². The van der Waals surface area contributed by atoms with Crippen LogP contribution in [0, 0.1) is 5.92 Å². The molecule has 0 radical (unpaired) electrons. The molecule has 0 saturated carbocycles. The lowest BCUT2D eigenvalue weighted by Gasteiger charge is -2.36. The predicted octanol–water partition coefficient (Wildman–Crippen LogP) is 3.09. The third kappa shape index (κ3) is 4.74. The van der Waals surface area contributed by atoms with Crippen molar-refractivity contribution in [3.8, 4) is 5.75 Å². The van der Waals surface area contributed by atoms with Crippen LogP contribution in [0.1, 0.15) is 24.5 Å². The van der Waals surface area contributed by atoms with Crippen molar-refractivity contribution in [3.63, 3.8) is 0 Å². The summed E-state index contributed by atoms with van der Waals surface area (Å²) in [7, 11) is 0. The molecule has 2 aromatic rings. The number of hydrogen-bond acceptors (Lipinski definition) is 4. The number of hydrogen-bond donors (Lipinski definition) is 2. The van der Waals surface area contributed by atoms with Crippen molar-refractivity contribution in [2.75, 3.05) is 25.4 Å². The van der Waals surface area contributed by atoms with Gasteiger partial charge in [0.25, 0.3) is 0 Å². The topological polar surface area (TPSA) is 58.7 Å². The van der Waals surface area contributed by atoms with Gasteiger partial charge in [0, 0.05) is 25.6 Å². The number of aliphatic hydroxyl groups is 1. The third-order valence-corrected chi connectivity index (χ3v) is 4.90. The van der Waals surface area contributed by atoms with E-state index < -0.39 is 0 Å². The van der Waals surface area contributed by atoms with Crippen molar-refractivity contribution in [2.24, 2.45) is 5.92 Å². The number of anilines is 1. The van der Waals surface area contributed by atoms with Crippen LogP contribution < -0.4 is 10.5 Å². The summed E-state index contributed by atoms with van der Waals surface area (Å²) in [6, 6.07) is 16.5. The zero-order valence-electron chi connectivity index (χ0n) is 14.9. The summed E-state index contributed by atoms with van der Waals surface area (Å²) in [5, 5.41) is 10.4. The van der Waals surface area contributed by atoms with Crippen LogP contribution in [0.5, 0.6) is 5.75 Å². The first kappa shape index (κ1) is 17.8. The molecule has 25 heavy (non-hydrogen) atoms. The first-order valence-corrected chi connectivity index (χ1v) is 9.11. The summed E-state index contributed by atoms with van der Waals surface area (Å²) in [6.07, 6.45) is 1.41. The predicted molar refractivity (Wildman–Crippen MR) is 102 cm³/mol. The van der Waals surface area contributed by atoms with Gasteiger partial charge in [0.05, 0.1) is 18.4 Å². The maximum Gasteiger partial charge on any atom is 0.142 e. The lowest BCUT2D eigenvalue weighted by atomic mass is 9.88. The summed E-state index contributed by atoms with van der Waals surface area (Å²) in [5.41, 5.74) is 9.23. The molecule has 1 fully saturated rings. The van der Waals surface area contributed by atoms with E-state index in [4.69, 9.17) is 10.5 Å². The van der Waals surface area contributed by atoms with Gasteiger partial charge in [0.2, 0.25) is 0 Å². The smallest absolute Gasteiger partial charge is 0.142 e. The molecule has 3 rings (SSSR count). The summed E-state index contributed by atoms with van der Waals surface area (Å²) < 4.78 is 5.50. The molecule has 4 heteroatoms. The molecule has 134 valence electrons. The molecule has 0 aliphatic carbocycles. The number of likely N-dealkylation sites (tertiary alicyclic amines) is 1. The standard InChI is InChI=1S/C21H28N2O2/c1-2-25-21-9-8-17(13-19(21)22)12-18-15-23(11-10-20(18)24)14-16-6-4-3-5-7-16/h3-9,13,18,20,24H,2,10-12,14-15,22H2,1H3. The van der Waals surface area contributed by atoms with Crippen molar-refractivity contribution >= 4 is 5.69 Å². The maximum absolute atomic E-state index is 10.4. The molecule has 1 heterocycles. The fourth-order valence-corrected chi connectivity index (χ4v) is 3.60.